The maximum absolute atomic E-state index is 12.4. The number of piperidine rings is 1. The van der Waals surface area contributed by atoms with Crippen LogP contribution in [0.1, 0.15) is 18.4 Å². The van der Waals surface area contributed by atoms with E-state index in [9.17, 15) is 13.2 Å². The van der Waals surface area contributed by atoms with Crippen molar-refractivity contribution in [2.24, 2.45) is 0 Å². The molecule has 1 amide bonds. The van der Waals surface area contributed by atoms with E-state index in [2.05, 4.69) is 4.72 Å². The lowest BCUT2D eigenvalue weighted by atomic mass is 10.1. The SMILES string of the molecule is Cc1ccccc1SCC(=O)N1CCC(NS(=O)(=O)c2cccs2)CC1. The molecule has 0 aliphatic carbocycles. The molecule has 1 aromatic carbocycles. The standard InChI is InChI=1S/C18H22N2O3S3/c1-14-5-2-3-6-16(14)25-13-17(21)20-10-8-15(9-11-20)19-26(22,23)18-7-4-12-24-18/h2-7,12,15,19H,8-11,13H2,1H3. The van der Waals surface area contributed by atoms with Crippen LogP contribution in [0.4, 0.5) is 0 Å². The van der Waals surface area contributed by atoms with Gasteiger partial charge in [0.05, 0.1) is 5.75 Å². The van der Waals surface area contributed by atoms with Gasteiger partial charge in [-0.25, -0.2) is 13.1 Å². The Labute approximate surface area is 162 Å². The van der Waals surface area contributed by atoms with Crippen molar-refractivity contribution in [2.45, 2.75) is 34.9 Å². The minimum Gasteiger partial charge on any atom is -0.342 e. The van der Waals surface area contributed by atoms with Crippen molar-refractivity contribution in [3.63, 3.8) is 0 Å². The van der Waals surface area contributed by atoms with E-state index in [1.165, 1.54) is 16.9 Å². The number of nitrogens with one attached hydrogen (secondary N) is 1. The number of thiophene rings is 1. The number of thioether (sulfide) groups is 1. The van der Waals surface area contributed by atoms with Crippen LogP contribution >= 0.6 is 23.1 Å². The zero-order valence-electron chi connectivity index (χ0n) is 14.6. The van der Waals surface area contributed by atoms with E-state index in [0.717, 1.165) is 4.90 Å². The Morgan fingerprint density at radius 2 is 1.96 bits per heavy atom. The number of benzene rings is 1. The van der Waals surface area contributed by atoms with E-state index in [-0.39, 0.29) is 11.9 Å². The van der Waals surface area contributed by atoms with Crippen LogP contribution < -0.4 is 4.72 Å². The van der Waals surface area contributed by atoms with Gasteiger partial charge in [-0.15, -0.1) is 23.1 Å². The Bertz CT molecular complexity index is 842. The number of carbonyl (C=O) groups is 1. The van der Waals surface area contributed by atoms with Crippen molar-refractivity contribution >= 4 is 39.0 Å². The highest BCUT2D eigenvalue weighted by Crippen LogP contribution is 2.23. The minimum absolute atomic E-state index is 0.109. The van der Waals surface area contributed by atoms with Crippen molar-refractivity contribution in [2.75, 3.05) is 18.8 Å². The summed E-state index contributed by atoms with van der Waals surface area (Å²) in [5.41, 5.74) is 1.17. The fourth-order valence-corrected chi connectivity index (χ4v) is 6.14. The van der Waals surface area contributed by atoms with Crippen LogP contribution in [0.25, 0.3) is 0 Å². The van der Waals surface area contributed by atoms with Crippen LogP contribution in [0.2, 0.25) is 0 Å². The molecule has 26 heavy (non-hydrogen) atoms. The maximum atomic E-state index is 12.4. The zero-order chi connectivity index (χ0) is 18.6. The van der Waals surface area contributed by atoms with Crippen LogP contribution in [0.3, 0.4) is 0 Å². The highest BCUT2D eigenvalue weighted by molar-refractivity contribution is 8.00. The van der Waals surface area contributed by atoms with E-state index in [4.69, 9.17) is 0 Å². The third kappa shape index (κ3) is 4.88. The normalized spacial score (nSPS) is 16.0. The number of hydrogen-bond acceptors (Lipinski definition) is 5. The first kappa shape index (κ1) is 19.4. The molecule has 1 fully saturated rings. The van der Waals surface area contributed by atoms with Crippen molar-refractivity contribution in [1.29, 1.82) is 0 Å². The van der Waals surface area contributed by atoms with Crippen LogP contribution in [0.5, 0.6) is 0 Å². The summed E-state index contributed by atoms with van der Waals surface area (Å²) in [4.78, 5) is 15.4. The van der Waals surface area contributed by atoms with Crippen LogP contribution in [0.15, 0.2) is 50.9 Å². The molecule has 1 N–H and O–H groups in total. The van der Waals surface area contributed by atoms with E-state index in [0.29, 0.717) is 35.9 Å². The molecule has 0 saturated carbocycles. The van der Waals surface area contributed by atoms with Gasteiger partial charge < -0.3 is 4.90 Å². The summed E-state index contributed by atoms with van der Waals surface area (Å²) < 4.78 is 27.7. The third-order valence-electron chi connectivity index (χ3n) is 4.37. The molecule has 1 saturated heterocycles. The Morgan fingerprint density at radius 3 is 2.62 bits per heavy atom. The number of carbonyl (C=O) groups excluding carboxylic acids is 1. The first-order valence-corrected chi connectivity index (χ1v) is 11.8. The number of amides is 1. The number of nitrogens with zero attached hydrogens (tertiary/aromatic N) is 1. The third-order valence-corrected chi connectivity index (χ3v) is 8.45. The summed E-state index contributed by atoms with van der Waals surface area (Å²) in [5.74, 6) is 0.522. The number of aryl methyl sites for hydroxylation is 1. The van der Waals surface area contributed by atoms with Gasteiger partial charge in [0.1, 0.15) is 4.21 Å². The molecule has 1 aliphatic rings. The number of sulfonamides is 1. The van der Waals surface area contributed by atoms with Gasteiger partial charge in [-0.3, -0.25) is 4.79 Å². The Balaban J connectivity index is 1.47. The minimum atomic E-state index is -3.44. The zero-order valence-corrected chi connectivity index (χ0v) is 17.0. The fraction of sp³-hybridized carbons (Fsp3) is 0.389. The molecular formula is C18H22N2O3S3. The van der Waals surface area contributed by atoms with Gasteiger partial charge in [-0.1, -0.05) is 24.3 Å². The van der Waals surface area contributed by atoms with Crippen molar-refractivity contribution in [3.8, 4) is 0 Å². The molecule has 140 valence electrons. The topological polar surface area (TPSA) is 66.5 Å². The molecule has 8 heteroatoms. The summed E-state index contributed by atoms with van der Waals surface area (Å²) >= 11 is 2.77. The van der Waals surface area contributed by atoms with Crippen molar-refractivity contribution < 1.29 is 13.2 Å². The Kier molecular flexibility index (Phi) is 6.39. The molecule has 0 spiro atoms. The number of likely N-dealkylation sites (tertiary alicyclic amines) is 1. The molecule has 0 radical (unpaired) electrons. The molecule has 0 bridgehead atoms. The van der Waals surface area contributed by atoms with Crippen molar-refractivity contribution in [1.82, 2.24) is 9.62 Å². The molecule has 1 aliphatic heterocycles. The first-order valence-electron chi connectivity index (χ1n) is 8.48. The number of rotatable bonds is 6. The lowest BCUT2D eigenvalue weighted by Gasteiger charge is -2.32. The van der Waals surface area contributed by atoms with Gasteiger partial charge in [-0.2, -0.15) is 0 Å². The van der Waals surface area contributed by atoms with Gasteiger partial charge in [0, 0.05) is 24.0 Å². The quantitative estimate of drug-likeness (QED) is 0.743. The van der Waals surface area contributed by atoms with Crippen molar-refractivity contribution in [3.05, 3.63) is 47.3 Å². The largest absolute Gasteiger partial charge is 0.342 e. The highest BCUT2D eigenvalue weighted by atomic mass is 32.2. The Morgan fingerprint density at radius 1 is 1.23 bits per heavy atom. The van der Waals surface area contributed by atoms with Crippen LogP contribution in [-0.4, -0.2) is 44.1 Å². The average molecular weight is 411 g/mol. The van der Waals surface area contributed by atoms with Crippen LogP contribution in [-0.2, 0) is 14.8 Å². The summed E-state index contributed by atoms with van der Waals surface area (Å²) in [5, 5.41) is 1.75. The summed E-state index contributed by atoms with van der Waals surface area (Å²) in [7, 11) is -3.44. The Hall–Kier alpha value is -1.35. The second-order valence-electron chi connectivity index (χ2n) is 6.26. The smallest absolute Gasteiger partial charge is 0.250 e. The fourth-order valence-electron chi connectivity index (χ4n) is 2.89. The molecule has 5 nitrogen and oxygen atoms in total. The molecule has 0 unspecified atom stereocenters. The van der Waals surface area contributed by atoms with Crippen LogP contribution in [0, 0.1) is 6.92 Å². The van der Waals surface area contributed by atoms with Gasteiger partial charge in [-0.05, 0) is 42.8 Å². The highest BCUT2D eigenvalue weighted by Gasteiger charge is 2.27. The van der Waals surface area contributed by atoms with Gasteiger partial charge in [0.25, 0.3) is 0 Å². The van der Waals surface area contributed by atoms with Gasteiger partial charge in [0.2, 0.25) is 15.9 Å². The lowest BCUT2D eigenvalue weighted by Crippen LogP contribution is -2.46. The second kappa shape index (κ2) is 8.56. The van der Waals surface area contributed by atoms with Gasteiger partial charge >= 0.3 is 0 Å². The maximum Gasteiger partial charge on any atom is 0.250 e. The predicted molar refractivity (Wildman–Crippen MR) is 106 cm³/mol. The first-order chi connectivity index (χ1) is 12.5. The molecule has 2 heterocycles. The van der Waals surface area contributed by atoms with E-state index in [1.807, 2.05) is 36.1 Å². The van der Waals surface area contributed by atoms with E-state index in [1.54, 1.807) is 29.3 Å². The van der Waals surface area contributed by atoms with E-state index >= 15 is 0 Å². The molecule has 2 aromatic rings. The monoisotopic (exact) mass is 410 g/mol. The summed E-state index contributed by atoms with van der Waals surface area (Å²) in [6, 6.07) is 11.3. The van der Waals surface area contributed by atoms with E-state index < -0.39 is 10.0 Å². The molecule has 3 rings (SSSR count). The van der Waals surface area contributed by atoms with Gasteiger partial charge in [0.15, 0.2) is 0 Å². The molecule has 0 atom stereocenters. The second-order valence-corrected chi connectivity index (χ2v) is 10.2. The molecular weight excluding hydrogens is 388 g/mol. The average Bonchev–Trinajstić information content (AvgIpc) is 3.17. The summed E-state index contributed by atoms with van der Waals surface area (Å²) in [6.07, 6.45) is 1.29. The lowest BCUT2D eigenvalue weighted by molar-refractivity contribution is -0.129. The summed E-state index contributed by atoms with van der Waals surface area (Å²) in [6.45, 7) is 3.22. The predicted octanol–water partition coefficient (Wildman–Crippen LogP) is 3.12. The molecule has 1 aromatic heterocycles. The number of hydrogen-bond donors (Lipinski definition) is 1.